The van der Waals surface area contributed by atoms with E-state index in [-0.39, 0.29) is 0 Å². The fourth-order valence-corrected chi connectivity index (χ4v) is 2.70. The number of unbranched alkanes of at least 4 members (excludes halogenated alkanes) is 2. The number of carboxylic acid groups (broad SMARTS) is 1. The SMILES string of the molecule is CCCCCC(CC)n1cc2ccc(C(=O)O)cc2c1. The van der Waals surface area contributed by atoms with Crippen LogP contribution >= 0.6 is 0 Å². The van der Waals surface area contributed by atoms with Gasteiger partial charge in [0, 0.05) is 23.8 Å². The summed E-state index contributed by atoms with van der Waals surface area (Å²) in [4.78, 5) is 11.0. The molecule has 0 amide bonds. The fraction of sp³-hybridized carbons (Fsp3) is 0.471. The first-order valence-electron chi connectivity index (χ1n) is 7.50. The highest BCUT2D eigenvalue weighted by atomic mass is 16.4. The van der Waals surface area contributed by atoms with Gasteiger partial charge in [-0.15, -0.1) is 0 Å². The van der Waals surface area contributed by atoms with E-state index in [0.717, 1.165) is 17.2 Å². The van der Waals surface area contributed by atoms with Crippen molar-refractivity contribution in [3.8, 4) is 0 Å². The summed E-state index contributed by atoms with van der Waals surface area (Å²) < 4.78 is 2.26. The van der Waals surface area contributed by atoms with Crippen molar-refractivity contribution in [1.29, 1.82) is 0 Å². The van der Waals surface area contributed by atoms with Crippen LogP contribution in [0, 0.1) is 0 Å². The minimum Gasteiger partial charge on any atom is -0.478 e. The Morgan fingerprint density at radius 2 is 1.95 bits per heavy atom. The van der Waals surface area contributed by atoms with Crippen molar-refractivity contribution in [2.24, 2.45) is 0 Å². The average Bonchev–Trinajstić information content (AvgIpc) is 2.86. The molecular formula is C17H23NO2. The Balaban J connectivity index is 2.23. The summed E-state index contributed by atoms with van der Waals surface area (Å²) >= 11 is 0. The third-order valence-electron chi connectivity index (χ3n) is 3.94. The topological polar surface area (TPSA) is 42.2 Å². The minimum absolute atomic E-state index is 0.356. The Kier molecular flexibility index (Phi) is 4.83. The summed E-state index contributed by atoms with van der Waals surface area (Å²) in [6, 6.07) is 5.84. The van der Waals surface area contributed by atoms with Gasteiger partial charge < -0.3 is 9.67 Å². The molecular weight excluding hydrogens is 250 g/mol. The molecule has 0 spiro atoms. The van der Waals surface area contributed by atoms with Gasteiger partial charge in [-0.3, -0.25) is 0 Å². The molecule has 0 bridgehead atoms. The molecule has 2 aromatic rings. The van der Waals surface area contributed by atoms with Gasteiger partial charge in [-0.2, -0.15) is 0 Å². The first-order valence-corrected chi connectivity index (χ1v) is 7.50. The van der Waals surface area contributed by atoms with Crippen molar-refractivity contribution in [2.45, 2.75) is 52.0 Å². The number of carboxylic acids is 1. The summed E-state index contributed by atoms with van der Waals surface area (Å²) in [6.45, 7) is 4.43. The minimum atomic E-state index is -0.866. The van der Waals surface area contributed by atoms with Crippen molar-refractivity contribution < 1.29 is 9.90 Å². The van der Waals surface area contributed by atoms with Gasteiger partial charge in [0.15, 0.2) is 0 Å². The zero-order valence-electron chi connectivity index (χ0n) is 12.3. The first kappa shape index (κ1) is 14.6. The predicted molar refractivity (Wildman–Crippen MR) is 82.4 cm³/mol. The molecule has 1 N–H and O–H groups in total. The van der Waals surface area contributed by atoms with E-state index in [1.54, 1.807) is 12.1 Å². The van der Waals surface area contributed by atoms with E-state index in [1.165, 1.54) is 25.7 Å². The summed E-state index contributed by atoms with van der Waals surface area (Å²) in [5.74, 6) is -0.866. The molecule has 0 saturated heterocycles. The summed E-state index contributed by atoms with van der Waals surface area (Å²) in [6.07, 6.45) is 10.3. The van der Waals surface area contributed by atoms with Crippen LogP contribution in [-0.2, 0) is 0 Å². The van der Waals surface area contributed by atoms with Crippen LogP contribution in [0.15, 0.2) is 30.6 Å². The summed E-state index contributed by atoms with van der Waals surface area (Å²) in [5, 5.41) is 11.2. The molecule has 3 nitrogen and oxygen atoms in total. The zero-order valence-corrected chi connectivity index (χ0v) is 12.3. The smallest absolute Gasteiger partial charge is 0.335 e. The van der Waals surface area contributed by atoms with Gasteiger partial charge in [0.25, 0.3) is 0 Å². The second-order valence-electron chi connectivity index (χ2n) is 5.41. The molecule has 0 fully saturated rings. The van der Waals surface area contributed by atoms with Crippen molar-refractivity contribution in [2.75, 3.05) is 0 Å². The highest BCUT2D eigenvalue weighted by molar-refractivity contribution is 5.94. The van der Waals surface area contributed by atoms with E-state index < -0.39 is 5.97 Å². The number of aromatic nitrogens is 1. The van der Waals surface area contributed by atoms with Gasteiger partial charge in [0.1, 0.15) is 0 Å². The van der Waals surface area contributed by atoms with E-state index in [2.05, 4.69) is 30.8 Å². The van der Waals surface area contributed by atoms with E-state index in [1.807, 2.05) is 6.07 Å². The molecule has 0 radical (unpaired) electrons. The molecule has 0 aliphatic rings. The molecule has 20 heavy (non-hydrogen) atoms. The van der Waals surface area contributed by atoms with Crippen LogP contribution in [0.5, 0.6) is 0 Å². The number of benzene rings is 1. The third-order valence-corrected chi connectivity index (χ3v) is 3.94. The molecule has 0 aliphatic carbocycles. The molecule has 108 valence electrons. The monoisotopic (exact) mass is 273 g/mol. The molecule has 0 saturated carbocycles. The van der Waals surface area contributed by atoms with Gasteiger partial charge in [-0.05, 0) is 30.4 Å². The Morgan fingerprint density at radius 1 is 1.20 bits per heavy atom. The zero-order chi connectivity index (χ0) is 14.5. The van der Waals surface area contributed by atoms with Crippen LogP contribution in [0.1, 0.15) is 62.4 Å². The molecule has 1 aromatic carbocycles. The van der Waals surface area contributed by atoms with Gasteiger partial charge >= 0.3 is 5.97 Å². The number of carbonyl (C=O) groups is 1. The van der Waals surface area contributed by atoms with Gasteiger partial charge in [0.2, 0.25) is 0 Å². The van der Waals surface area contributed by atoms with E-state index in [0.29, 0.717) is 11.6 Å². The third kappa shape index (κ3) is 3.21. The van der Waals surface area contributed by atoms with Crippen LogP contribution in [0.4, 0.5) is 0 Å². The molecule has 0 aliphatic heterocycles. The Bertz CT molecular complexity index is 586. The Hall–Kier alpha value is -1.77. The summed E-state index contributed by atoms with van der Waals surface area (Å²) in [5.41, 5.74) is 0.356. The van der Waals surface area contributed by atoms with E-state index in [9.17, 15) is 4.79 Å². The molecule has 1 aromatic heterocycles. The van der Waals surface area contributed by atoms with Crippen molar-refractivity contribution >= 4 is 16.7 Å². The quantitative estimate of drug-likeness (QED) is 0.731. The van der Waals surface area contributed by atoms with Crippen LogP contribution in [0.3, 0.4) is 0 Å². The van der Waals surface area contributed by atoms with Crippen molar-refractivity contribution in [3.05, 3.63) is 36.2 Å². The van der Waals surface area contributed by atoms with Crippen LogP contribution in [-0.4, -0.2) is 15.6 Å². The molecule has 1 atom stereocenters. The molecule has 3 heteroatoms. The van der Waals surface area contributed by atoms with E-state index >= 15 is 0 Å². The normalized spacial score (nSPS) is 12.7. The lowest BCUT2D eigenvalue weighted by molar-refractivity contribution is 0.0697. The molecule has 2 rings (SSSR count). The van der Waals surface area contributed by atoms with Gasteiger partial charge in [0.05, 0.1) is 5.56 Å². The van der Waals surface area contributed by atoms with Gasteiger partial charge in [-0.25, -0.2) is 4.79 Å². The maximum Gasteiger partial charge on any atom is 0.335 e. The summed E-state index contributed by atoms with van der Waals surface area (Å²) in [7, 11) is 0. The van der Waals surface area contributed by atoms with Crippen LogP contribution in [0.25, 0.3) is 10.8 Å². The predicted octanol–water partition coefficient (Wildman–Crippen LogP) is 4.87. The second kappa shape index (κ2) is 6.60. The largest absolute Gasteiger partial charge is 0.478 e. The molecule has 1 unspecified atom stereocenters. The fourth-order valence-electron chi connectivity index (χ4n) is 2.70. The first-order chi connectivity index (χ1) is 9.65. The highest BCUT2D eigenvalue weighted by Crippen LogP contribution is 2.25. The lowest BCUT2D eigenvalue weighted by Gasteiger charge is -2.16. The maximum absolute atomic E-state index is 11.0. The Labute approximate surface area is 120 Å². The number of hydrogen-bond acceptors (Lipinski definition) is 1. The van der Waals surface area contributed by atoms with E-state index in [4.69, 9.17) is 5.11 Å². The van der Waals surface area contributed by atoms with Crippen molar-refractivity contribution in [1.82, 2.24) is 4.57 Å². The van der Waals surface area contributed by atoms with Gasteiger partial charge in [-0.1, -0.05) is 39.2 Å². The lowest BCUT2D eigenvalue weighted by Crippen LogP contribution is -2.05. The van der Waals surface area contributed by atoms with Crippen molar-refractivity contribution in [3.63, 3.8) is 0 Å². The van der Waals surface area contributed by atoms with Crippen LogP contribution in [0.2, 0.25) is 0 Å². The number of rotatable bonds is 7. The lowest BCUT2D eigenvalue weighted by atomic mass is 10.1. The standard InChI is InChI=1S/C17H23NO2/c1-3-5-6-7-16(4-2)18-11-14-9-8-13(17(19)20)10-15(14)12-18/h8-12,16H,3-7H2,1-2H3,(H,19,20). The van der Waals surface area contributed by atoms with Crippen LogP contribution < -0.4 is 0 Å². The highest BCUT2D eigenvalue weighted by Gasteiger charge is 2.11. The second-order valence-corrected chi connectivity index (χ2v) is 5.41. The number of nitrogens with zero attached hydrogens (tertiary/aromatic N) is 1. The Morgan fingerprint density at radius 3 is 2.60 bits per heavy atom. The molecule has 1 heterocycles. The number of aromatic carboxylic acids is 1. The average molecular weight is 273 g/mol. The maximum atomic E-state index is 11.0. The number of fused-ring (bicyclic) bond motifs is 1. The number of hydrogen-bond donors (Lipinski definition) is 1.